The lowest BCUT2D eigenvalue weighted by atomic mass is 10.2. The quantitative estimate of drug-likeness (QED) is 0.635. The molecule has 0 spiro atoms. The summed E-state index contributed by atoms with van der Waals surface area (Å²) in [5, 5.41) is 5.16. The topological polar surface area (TPSA) is 93.2 Å². The maximum absolute atomic E-state index is 13.8. The first kappa shape index (κ1) is 19.9. The number of aromatic nitrogens is 2. The van der Waals surface area contributed by atoms with Crippen LogP contribution in [0.3, 0.4) is 0 Å². The first-order valence-corrected chi connectivity index (χ1v) is 8.44. The van der Waals surface area contributed by atoms with Crippen LogP contribution in [0.15, 0.2) is 48.5 Å². The van der Waals surface area contributed by atoms with Crippen LogP contribution >= 0.6 is 0 Å². The minimum absolute atomic E-state index is 0.0752. The Hall–Kier alpha value is -3.88. The molecule has 9 heteroatoms. The van der Waals surface area contributed by atoms with Crippen molar-refractivity contribution in [3.05, 3.63) is 77.2 Å². The van der Waals surface area contributed by atoms with Gasteiger partial charge in [-0.05, 0) is 43.3 Å². The molecule has 0 bridgehead atoms. The molecular weight excluding hydrogens is 382 g/mol. The number of aryl methyl sites for hydroxylation is 1. The predicted octanol–water partition coefficient (Wildman–Crippen LogP) is 3.85. The van der Waals surface area contributed by atoms with E-state index in [1.54, 1.807) is 31.2 Å². The van der Waals surface area contributed by atoms with E-state index in [0.717, 1.165) is 12.1 Å². The maximum Gasteiger partial charge on any atom is 0.337 e. The summed E-state index contributed by atoms with van der Waals surface area (Å²) >= 11 is 0. The third-order valence-corrected chi connectivity index (χ3v) is 3.85. The highest BCUT2D eigenvalue weighted by atomic mass is 19.1. The zero-order valence-electron chi connectivity index (χ0n) is 15.5. The number of ether oxygens (including phenoxy) is 1. The summed E-state index contributed by atoms with van der Waals surface area (Å²) in [4.78, 5) is 32.1. The van der Waals surface area contributed by atoms with Gasteiger partial charge in [0.05, 0.1) is 12.7 Å². The standard InChI is InChI=1S/C20H16F2N4O3/c1-11-23-16(19(27)26-18-14(21)4-3-5-15(18)22)10-17(24-11)25-13-8-6-12(7-9-13)20(28)29-2/h3-10H,1-2H3,(H,26,27)(H,23,24,25). The van der Waals surface area contributed by atoms with Gasteiger partial charge in [0.2, 0.25) is 0 Å². The van der Waals surface area contributed by atoms with Gasteiger partial charge in [-0.25, -0.2) is 23.5 Å². The predicted molar refractivity (Wildman–Crippen MR) is 102 cm³/mol. The molecule has 1 heterocycles. The third-order valence-electron chi connectivity index (χ3n) is 3.85. The SMILES string of the molecule is COC(=O)c1ccc(Nc2cc(C(=O)Nc3c(F)cccc3F)nc(C)n2)cc1. The highest BCUT2D eigenvalue weighted by molar-refractivity contribution is 6.03. The van der Waals surface area contributed by atoms with Crippen LogP contribution in [0.4, 0.5) is 26.0 Å². The Kier molecular flexibility index (Phi) is 5.77. The molecule has 0 saturated carbocycles. The summed E-state index contributed by atoms with van der Waals surface area (Å²) in [5.74, 6) is -2.47. The Balaban J connectivity index is 1.81. The van der Waals surface area contributed by atoms with Gasteiger partial charge < -0.3 is 15.4 Å². The normalized spacial score (nSPS) is 10.3. The average molecular weight is 398 g/mol. The first-order valence-electron chi connectivity index (χ1n) is 8.44. The second-order valence-electron chi connectivity index (χ2n) is 5.93. The number of carbonyl (C=O) groups is 2. The fourth-order valence-corrected chi connectivity index (χ4v) is 2.50. The number of nitrogens with zero attached hydrogens (tertiary/aromatic N) is 2. The van der Waals surface area contributed by atoms with Crippen LogP contribution in [0.1, 0.15) is 26.7 Å². The van der Waals surface area contributed by atoms with E-state index < -0.39 is 29.2 Å². The van der Waals surface area contributed by atoms with E-state index in [2.05, 4.69) is 25.3 Å². The van der Waals surface area contributed by atoms with E-state index in [0.29, 0.717) is 17.1 Å². The molecule has 0 saturated heterocycles. The number of anilines is 3. The number of hydrogen-bond acceptors (Lipinski definition) is 6. The zero-order chi connectivity index (χ0) is 21.0. The van der Waals surface area contributed by atoms with Crippen molar-refractivity contribution >= 4 is 29.1 Å². The number of para-hydroxylation sites is 1. The lowest BCUT2D eigenvalue weighted by molar-refractivity contribution is 0.0600. The van der Waals surface area contributed by atoms with Crippen molar-refractivity contribution in [2.75, 3.05) is 17.7 Å². The number of nitrogens with one attached hydrogen (secondary N) is 2. The Morgan fingerprint density at radius 1 is 1.00 bits per heavy atom. The summed E-state index contributed by atoms with van der Waals surface area (Å²) in [6.07, 6.45) is 0. The summed E-state index contributed by atoms with van der Waals surface area (Å²) in [5.41, 5.74) is 0.349. The van der Waals surface area contributed by atoms with Gasteiger partial charge in [-0.15, -0.1) is 0 Å². The molecule has 0 aliphatic heterocycles. The Morgan fingerprint density at radius 2 is 1.66 bits per heavy atom. The van der Waals surface area contributed by atoms with E-state index in [-0.39, 0.29) is 11.5 Å². The minimum Gasteiger partial charge on any atom is -0.465 e. The molecule has 1 amide bonds. The molecule has 29 heavy (non-hydrogen) atoms. The molecule has 1 aromatic heterocycles. The van der Waals surface area contributed by atoms with Gasteiger partial charge in [-0.1, -0.05) is 6.07 Å². The van der Waals surface area contributed by atoms with Crippen LogP contribution < -0.4 is 10.6 Å². The number of hydrogen-bond donors (Lipinski definition) is 2. The number of carbonyl (C=O) groups excluding carboxylic acids is 2. The van der Waals surface area contributed by atoms with E-state index in [4.69, 9.17) is 0 Å². The number of amides is 1. The third kappa shape index (κ3) is 4.70. The second kappa shape index (κ2) is 8.42. The van der Waals surface area contributed by atoms with E-state index in [1.165, 1.54) is 19.2 Å². The highest BCUT2D eigenvalue weighted by Crippen LogP contribution is 2.20. The van der Waals surface area contributed by atoms with Crippen molar-refractivity contribution < 1.29 is 23.1 Å². The molecule has 7 nitrogen and oxygen atoms in total. The number of rotatable bonds is 5. The summed E-state index contributed by atoms with van der Waals surface area (Å²) in [7, 11) is 1.29. The second-order valence-corrected chi connectivity index (χ2v) is 5.93. The van der Waals surface area contributed by atoms with Crippen LogP contribution in [0, 0.1) is 18.6 Å². The van der Waals surface area contributed by atoms with Gasteiger partial charge >= 0.3 is 5.97 Å². The number of methoxy groups -OCH3 is 1. The van der Waals surface area contributed by atoms with Crippen molar-refractivity contribution in [2.45, 2.75) is 6.92 Å². The highest BCUT2D eigenvalue weighted by Gasteiger charge is 2.16. The lowest BCUT2D eigenvalue weighted by Gasteiger charge is -2.10. The number of halogens is 2. The molecule has 2 N–H and O–H groups in total. The maximum atomic E-state index is 13.8. The fraction of sp³-hybridized carbons (Fsp3) is 0.100. The van der Waals surface area contributed by atoms with Gasteiger partial charge in [0, 0.05) is 11.8 Å². The summed E-state index contributed by atoms with van der Waals surface area (Å²) < 4.78 is 32.1. The van der Waals surface area contributed by atoms with E-state index >= 15 is 0 Å². The zero-order valence-corrected chi connectivity index (χ0v) is 15.5. The minimum atomic E-state index is -0.895. The van der Waals surface area contributed by atoms with Crippen LogP contribution in [0.2, 0.25) is 0 Å². The molecular formula is C20H16F2N4O3. The smallest absolute Gasteiger partial charge is 0.337 e. The lowest BCUT2D eigenvalue weighted by Crippen LogP contribution is -2.17. The molecule has 148 valence electrons. The van der Waals surface area contributed by atoms with Gasteiger partial charge in [-0.2, -0.15) is 0 Å². The number of benzene rings is 2. The van der Waals surface area contributed by atoms with Crippen molar-refractivity contribution in [3.8, 4) is 0 Å². The molecule has 3 aromatic rings. The van der Waals surface area contributed by atoms with E-state index in [1.807, 2.05) is 0 Å². The van der Waals surface area contributed by atoms with Crippen molar-refractivity contribution in [1.82, 2.24) is 9.97 Å². The molecule has 0 radical (unpaired) electrons. The van der Waals surface area contributed by atoms with Gasteiger partial charge in [0.25, 0.3) is 5.91 Å². The molecule has 2 aromatic carbocycles. The summed E-state index contributed by atoms with van der Waals surface area (Å²) in [6.45, 7) is 1.58. The summed E-state index contributed by atoms with van der Waals surface area (Å²) in [6, 6.07) is 11.0. The largest absolute Gasteiger partial charge is 0.465 e. The molecule has 0 atom stereocenters. The van der Waals surface area contributed by atoms with Gasteiger partial charge in [0.15, 0.2) is 0 Å². The Labute approximate surface area is 164 Å². The van der Waals surface area contributed by atoms with Crippen LogP contribution in [0.25, 0.3) is 0 Å². The van der Waals surface area contributed by atoms with Gasteiger partial charge in [0.1, 0.15) is 34.7 Å². The Morgan fingerprint density at radius 3 is 2.28 bits per heavy atom. The average Bonchev–Trinajstić information content (AvgIpc) is 2.70. The number of esters is 1. The molecule has 3 rings (SSSR count). The monoisotopic (exact) mass is 398 g/mol. The van der Waals surface area contributed by atoms with Crippen LogP contribution in [-0.2, 0) is 4.74 Å². The molecule has 0 unspecified atom stereocenters. The van der Waals surface area contributed by atoms with Crippen LogP contribution in [-0.4, -0.2) is 29.0 Å². The fourth-order valence-electron chi connectivity index (χ4n) is 2.50. The van der Waals surface area contributed by atoms with Crippen LogP contribution in [0.5, 0.6) is 0 Å². The molecule has 0 fully saturated rings. The van der Waals surface area contributed by atoms with Crippen molar-refractivity contribution in [2.24, 2.45) is 0 Å². The molecule has 0 aliphatic rings. The van der Waals surface area contributed by atoms with Crippen molar-refractivity contribution in [3.63, 3.8) is 0 Å². The Bertz CT molecular complexity index is 1050. The van der Waals surface area contributed by atoms with Crippen molar-refractivity contribution in [1.29, 1.82) is 0 Å². The first-order chi connectivity index (χ1) is 13.9. The van der Waals surface area contributed by atoms with Gasteiger partial charge in [-0.3, -0.25) is 4.79 Å². The van der Waals surface area contributed by atoms with E-state index in [9.17, 15) is 18.4 Å². The molecule has 0 aliphatic carbocycles.